The Morgan fingerprint density at radius 3 is 2.32 bits per heavy atom. The molecule has 0 aromatic heterocycles. The first-order valence-corrected chi connectivity index (χ1v) is 7.78. The second kappa shape index (κ2) is 8.37. The zero-order valence-electron chi connectivity index (χ0n) is 13.2. The normalized spacial score (nSPS) is 13.5. The van der Waals surface area contributed by atoms with E-state index in [1.165, 1.54) is 37.7 Å². The molecule has 1 heteroatoms. The van der Waals surface area contributed by atoms with Gasteiger partial charge in [0.25, 0.3) is 0 Å². The molecule has 0 aliphatic carbocycles. The van der Waals surface area contributed by atoms with E-state index < -0.39 is 0 Å². The summed E-state index contributed by atoms with van der Waals surface area (Å²) in [6.45, 7) is 10.4. The van der Waals surface area contributed by atoms with Gasteiger partial charge in [-0.3, -0.25) is 0 Å². The van der Waals surface area contributed by atoms with E-state index in [9.17, 15) is 0 Å². The highest BCUT2D eigenvalue weighted by molar-refractivity contribution is 5.14. The minimum absolute atomic E-state index is 0.443. The molecule has 19 heavy (non-hydrogen) atoms. The quantitative estimate of drug-likeness (QED) is 0.708. The molecule has 0 bridgehead atoms. The predicted molar refractivity (Wildman–Crippen MR) is 85.5 cm³/mol. The van der Waals surface area contributed by atoms with Crippen LogP contribution in [-0.4, -0.2) is 12.6 Å². The van der Waals surface area contributed by atoms with Crippen molar-refractivity contribution in [1.82, 2.24) is 5.32 Å². The molecule has 0 amide bonds. The lowest BCUT2D eigenvalue weighted by atomic mass is 9.87. The number of hydrogen-bond acceptors (Lipinski definition) is 1. The van der Waals surface area contributed by atoms with Gasteiger partial charge in [-0.2, -0.15) is 0 Å². The average molecular weight is 261 g/mol. The summed E-state index contributed by atoms with van der Waals surface area (Å²) >= 11 is 0. The fourth-order valence-electron chi connectivity index (χ4n) is 2.29. The maximum absolute atomic E-state index is 3.71. The van der Waals surface area contributed by atoms with Crippen LogP contribution in [0.4, 0.5) is 0 Å². The first-order chi connectivity index (χ1) is 9.01. The Bertz CT molecular complexity index is 323. The number of rotatable bonds is 8. The Kier molecular flexibility index (Phi) is 7.15. The van der Waals surface area contributed by atoms with Crippen LogP contribution in [0.1, 0.15) is 58.9 Å². The highest BCUT2D eigenvalue weighted by Crippen LogP contribution is 2.22. The third kappa shape index (κ3) is 8.05. The molecule has 1 N–H and O–H groups in total. The van der Waals surface area contributed by atoms with Crippen LogP contribution in [0.25, 0.3) is 0 Å². The molecule has 0 saturated carbocycles. The first-order valence-electron chi connectivity index (χ1n) is 7.78. The van der Waals surface area contributed by atoms with Crippen molar-refractivity contribution in [2.75, 3.05) is 6.54 Å². The zero-order chi connectivity index (χ0) is 14.1. The summed E-state index contributed by atoms with van der Waals surface area (Å²) in [5.41, 5.74) is 1.90. The zero-order valence-corrected chi connectivity index (χ0v) is 13.2. The van der Waals surface area contributed by atoms with Gasteiger partial charge in [0.2, 0.25) is 0 Å². The molecule has 0 aliphatic heterocycles. The molecule has 1 unspecified atom stereocenters. The van der Waals surface area contributed by atoms with Gasteiger partial charge in [0.15, 0.2) is 0 Å². The van der Waals surface area contributed by atoms with Crippen molar-refractivity contribution in [3.8, 4) is 0 Å². The fraction of sp³-hybridized carbons (Fsp3) is 0.667. The lowest BCUT2D eigenvalue weighted by Gasteiger charge is -2.24. The molecule has 0 fully saturated rings. The van der Waals surface area contributed by atoms with E-state index in [-0.39, 0.29) is 0 Å². The van der Waals surface area contributed by atoms with Crippen LogP contribution in [0.2, 0.25) is 0 Å². The predicted octanol–water partition coefficient (Wildman–Crippen LogP) is 4.81. The van der Waals surface area contributed by atoms with E-state index >= 15 is 0 Å². The standard InChI is InChI=1S/C18H31N/c1-5-15-19-17(13-14-18(2,3)4)12-11-16-9-7-6-8-10-16/h6-10,17,19H,5,11-15H2,1-4H3. The van der Waals surface area contributed by atoms with Crippen LogP contribution in [0.15, 0.2) is 30.3 Å². The second-order valence-electron chi connectivity index (χ2n) is 6.77. The SMILES string of the molecule is CCCNC(CCc1ccccc1)CCC(C)(C)C. The monoisotopic (exact) mass is 261 g/mol. The molecule has 1 aromatic carbocycles. The van der Waals surface area contributed by atoms with Crippen LogP contribution in [0.5, 0.6) is 0 Å². The van der Waals surface area contributed by atoms with Crippen LogP contribution < -0.4 is 5.32 Å². The van der Waals surface area contributed by atoms with Gasteiger partial charge >= 0.3 is 0 Å². The number of benzene rings is 1. The number of aryl methyl sites for hydroxylation is 1. The van der Waals surface area contributed by atoms with Crippen molar-refractivity contribution < 1.29 is 0 Å². The highest BCUT2D eigenvalue weighted by Gasteiger charge is 2.14. The summed E-state index contributed by atoms with van der Waals surface area (Å²) in [6.07, 6.45) is 6.24. The minimum atomic E-state index is 0.443. The van der Waals surface area contributed by atoms with Gasteiger partial charge < -0.3 is 5.32 Å². The molecule has 1 rings (SSSR count). The Morgan fingerprint density at radius 1 is 1.05 bits per heavy atom. The Morgan fingerprint density at radius 2 is 1.74 bits per heavy atom. The Hall–Kier alpha value is -0.820. The van der Waals surface area contributed by atoms with Gasteiger partial charge in [-0.1, -0.05) is 58.0 Å². The van der Waals surface area contributed by atoms with E-state index in [2.05, 4.69) is 63.3 Å². The maximum atomic E-state index is 3.71. The third-order valence-electron chi connectivity index (χ3n) is 3.55. The van der Waals surface area contributed by atoms with Gasteiger partial charge in [0.05, 0.1) is 0 Å². The smallest absolute Gasteiger partial charge is 0.00704 e. The lowest BCUT2D eigenvalue weighted by Crippen LogP contribution is -2.31. The van der Waals surface area contributed by atoms with Crippen molar-refractivity contribution >= 4 is 0 Å². The second-order valence-corrected chi connectivity index (χ2v) is 6.77. The van der Waals surface area contributed by atoms with Crippen molar-refractivity contribution in [3.05, 3.63) is 35.9 Å². The van der Waals surface area contributed by atoms with E-state index in [1.54, 1.807) is 0 Å². The van der Waals surface area contributed by atoms with Crippen molar-refractivity contribution in [2.24, 2.45) is 5.41 Å². The summed E-state index contributed by atoms with van der Waals surface area (Å²) in [5.74, 6) is 0. The van der Waals surface area contributed by atoms with Gasteiger partial charge in [0.1, 0.15) is 0 Å². The molecule has 0 radical (unpaired) electrons. The lowest BCUT2D eigenvalue weighted by molar-refractivity contribution is 0.323. The molecular weight excluding hydrogens is 230 g/mol. The summed E-state index contributed by atoms with van der Waals surface area (Å²) in [7, 11) is 0. The van der Waals surface area contributed by atoms with Crippen LogP contribution in [0, 0.1) is 5.41 Å². The Balaban J connectivity index is 2.40. The molecule has 1 aromatic rings. The van der Waals surface area contributed by atoms with Gasteiger partial charge in [-0.25, -0.2) is 0 Å². The van der Waals surface area contributed by atoms with E-state index in [1.807, 2.05) is 0 Å². The maximum Gasteiger partial charge on any atom is 0.00704 e. The molecule has 108 valence electrons. The molecule has 0 spiro atoms. The van der Waals surface area contributed by atoms with Gasteiger partial charge in [0, 0.05) is 6.04 Å². The molecular formula is C18H31N. The first kappa shape index (κ1) is 16.2. The summed E-state index contributed by atoms with van der Waals surface area (Å²) < 4.78 is 0. The van der Waals surface area contributed by atoms with Crippen LogP contribution in [-0.2, 0) is 6.42 Å². The van der Waals surface area contributed by atoms with Gasteiger partial charge in [-0.15, -0.1) is 0 Å². The molecule has 0 aliphatic rings. The summed E-state index contributed by atoms with van der Waals surface area (Å²) in [6, 6.07) is 11.5. The van der Waals surface area contributed by atoms with E-state index in [0.29, 0.717) is 11.5 Å². The van der Waals surface area contributed by atoms with Gasteiger partial charge in [-0.05, 0) is 49.6 Å². The summed E-state index contributed by atoms with van der Waals surface area (Å²) in [5, 5.41) is 3.71. The van der Waals surface area contributed by atoms with E-state index in [4.69, 9.17) is 0 Å². The Labute approximate surface area is 119 Å². The minimum Gasteiger partial charge on any atom is -0.314 e. The van der Waals surface area contributed by atoms with Crippen LogP contribution >= 0.6 is 0 Å². The number of nitrogens with one attached hydrogen (secondary N) is 1. The highest BCUT2D eigenvalue weighted by atomic mass is 14.9. The topological polar surface area (TPSA) is 12.0 Å². The van der Waals surface area contributed by atoms with E-state index in [0.717, 1.165) is 6.54 Å². The molecule has 0 heterocycles. The molecule has 1 atom stereocenters. The average Bonchev–Trinajstić information content (AvgIpc) is 2.38. The molecule has 1 nitrogen and oxygen atoms in total. The van der Waals surface area contributed by atoms with Crippen molar-refractivity contribution in [1.29, 1.82) is 0 Å². The summed E-state index contributed by atoms with van der Waals surface area (Å²) in [4.78, 5) is 0. The third-order valence-corrected chi connectivity index (χ3v) is 3.55. The number of hydrogen-bond donors (Lipinski definition) is 1. The van der Waals surface area contributed by atoms with Crippen molar-refractivity contribution in [3.63, 3.8) is 0 Å². The molecule has 0 saturated heterocycles. The fourth-order valence-corrected chi connectivity index (χ4v) is 2.29. The largest absolute Gasteiger partial charge is 0.314 e. The van der Waals surface area contributed by atoms with Crippen LogP contribution in [0.3, 0.4) is 0 Å². The van der Waals surface area contributed by atoms with Crippen molar-refractivity contribution in [2.45, 2.75) is 65.8 Å².